The summed E-state index contributed by atoms with van der Waals surface area (Å²) < 4.78 is 5.73. The van der Waals surface area contributed by atoms with Gasteiger partial charge in [0.05, 0.1) is 0 Å². The standard InChI is InChI=1S/C15H17BO3/c1-11-6-5-7-12(2)13(11)10-19-15-9-4-3-8-14(15)16(17)18/h3-9,17-18H,10H2,1-2H3. The van der Waals surface area contributed by atoms with E-state index in [2.05, 4.69) is 0 Å². The van der Waals surface area contributed by atoms with Crippen molar-refractivity contribution in [1.82, 2.24) is 0 Å². The third-order valence-electron chi connectivity index (χ3n) is 3.21. The summed E-state index contributed by atoms with van der Waals surface area (Å²) in [6.07, 6.45) is 0. The monoisotopic (exact) mass is 256 g/mol. The highest BCUT2D eigenvalue weighted by Gasteiger charge is 2.16. The molecule has 2 rings (SSSR count). The Kier molecular flexibility index (Phi) is 4.25. The summed E-state index contributed by atoms with van der Waals surface area (Å²) in [6, 6.07) is 13.0. The first kappa shape index (κ1) is 13.7. The predicted octanol–water partition coefficient (Wildman–Crippen LogP) is 1.56. The normalized spacial score (nSPS) is 10.3. The van der Waals surface area contributed by atoms with Gasteiger partial charge < -0.3 is 14.8 Å². The van der Waals surface area contributed by atoms with E-state index >= 15 is 0 Å². The maximum Gasteiger partial charge on any atom is 0.492 e. The molecule has 19 heavy (non-hydrogen) atoms. The number of aryl methyl sites for hydroxylation is 2. The van der Waals surface area contributed by atoms with Gasteiger partial charge in [-0.25, -0.2) is 0 Å². The fraction of sp³-hybridized carbons (Fsp3) is 0.200. The van der Waals surface area contributed by atoms with E-state index in [1.165, 1.54) is 11.1 Å². The summed E-state index contributed by atoms with van der Waals surface area (Å²) in [5, 5.41) is 18.6. The predicted molar refractivity (Wildman–Crippen MR) is 76.5 cm³/mol. The second-order valence-corrected chi connectivity index (χ2v) is 4.57. The number of ether oxygens (including phenoxy) is 1. The Morgan fingerprint density at radius 2 is 1.58 bits per heavy atom. The van der Waals surface area contributed by atoms with E-state index in [9.17, 15) is 10.0 Å². The molecule has 0 unspecified atom stereocenters. The van der Waals surface area contributed by atoms with Crippen LogP contribution in [0.2, 0.25) is 0 Å². The van der Waals surface area contributed by atoms with Crippen LogP contribution >= 0.6 is 0 Å². The van der Waals surface area contributed by atoms with Crippen molar-refractivity contribution in [2.45, 2.75) is 20.5 Å². The Morgan fingerprint density at radius 3 is 2.21 bits per heavy atom. The van der Waals surface area contributed by atoms with Crippen molar-refractivity contribution >= 4 is 12.6 Å². The topological polar surface area (TPSA) is 49.7 Å². The van der Waals surface area contributed by atoms with Crippen LogP contribution in [0, 0.1) is 13.8 Å². The van der Waals surface area contributed by atoms with Gasteiger partial charge in [-0.15, -0.1) is 0 Å². The van der Waals surface area contributed by atoms with Crippen LogP contribution in [0.5, 0.6) is 5.75 Å². The summed E-state index contributed by atoms with van der Waals surface area (Å²) in [5.74, 6) is 0.500. The highest BCUT2D eigenvalue weighted by atomic mass is 16.5. The minimum atomic E-state index is -1.52. The van der Waals surface area contributed by atoms with Crippen LogP contribution in [-0.2, 0) is 6.61 Å². The van der Waals surface area contributed by atoms with Gasteiger partial charge in [0.15, 0.2) is 0 Å². The first-order valence-electron chi connectivity index (χ1n) is 6.22. The Morgan fingerprint density at radius 1 is 0.947 bits per heavy atom. The lowest BCUT2D eigenvalue weighted by Gasteiger charge is -2.14. The van der Waals surface area contributed by atoms with Gasteiger partial charge in [0.25, 0.3) is 0 Å². The van der Waals surface area contributed by atoms with E-state index in [4.69, 9.17) is 4.74 Å². The van der Waals surface area contributed by atoms with E-state index in [1.54, 1.807) is 18.2 Å². The van der Waals surface area contributed by atoms with Crippen molar-refractivity contribution in [2.24, 2.45) is 0 Å². The molecule has 2 N–H and O–H groups in total. The quantitative estimate of drug-likeness (QED) is 0.816. The van der Waals surface area contributed by atoms with E-state index in [1.807, 2.05) is 38.1 Å². The molecule has 2 aromatic carbocycles. The molecule has 2 aromatic rings. The van der Waals surface area contributed by atoms with Gasteiger partial charge in [0.1, 0.15) is 12.4 Å². The third kappa shape index (κ3) is 3.16. The highest BCUT2D eigenvalue weighted by Crippen LogP contribution is 2.16. The molecule has 98 valence electrons. The lowest BCUT2D eigenvalue weighted by atomic mass is 9.79. The van der Waals surface area contributed by atoms with Crippen molar-refractivity contribution in [3.63, 3.8) is 0 Å². The molecule has 0 radical (unpaired) electrons. The van der Waals surface area contributed by atoms with Crippen molar-refractivity contribution in [3.8, 4) is 5.75 Å². The van der Waals surface area contributed by atoms with E-state index in [-0.39, 0.29) is 0 Å². The van der Waals surface area contributed by atoms with Gasteiger partial charge in [-0.05, 0) is 36.6 Å². The maximum absolute atomic E-state index is 9.29. The molecule has 0 amide bonds. The minimum Gasteiger partial charge on any atom is -0.489 e. The first-order valence-corrected chi connectivity index (χ1v) is 6.22. The Labute approximate surface area is 113 Å². The van der Waals surface area contributed by atoms with Crippen LogP contribution in [-0.4, -0.2) is 17.2 Å². The molecule has 4 heteroatoms. The molecule has 3 nitrogen and oxygen atoms in total. The number of benzene rings is 2. The Balaban J connectivity index is 2.19. The zero-order chi connectivity index (χ0) is 13.8. The lowest BCUT2D eigenvalue weighted by Crippen LogP contribution is -2.31. The lowest BCUT2D eigenvalue weighted by molar-refractivity contribution is 0.305. The molecule has 0 fully saturated rings. The van der Waals surface area contributed by atoms with Crippen LogP contribution in [0.25, 0.3) is 0 Å². The van der Waals surface area contributed by atoms with Crippen molar-refractivity contribution in [3.05, 3.63) is 59.2 Å². The molecule has 0 aliphatic carbocycles. The molecule has 0 saturated heterocycles. The van der Waals surface area contributed by atoms with Crippen LogP contribution in [0.3, 0.4) is 0 Å². The molecular weight excluding hydrogens is 239 g/mol. The summed E-state index contributed by atoms with van der Waals surface area (Å²) in [6.45, 7) is 4.50. The minimum absolute atomic E-state index is 0.383. The summed E-state index contributed by atoms with van der Waals surface area (Å²) in [7, 11) is -1.52. The zero-order valence-corrected chi connectivity index (χ0v) is 11.1. The number of rotatable bonds is 4. The first-order chi connectivity index (χ1) is 9.09. The maximum atomic E-state index is 9.29. The molecule has 0 bridgehead atoms. The van der Waals surface area contributed by atoms with Gasteiger partial charge >= 0.3 is 7.12 Å². The smallest absolute Gasteiger partial charge is 0.489 e. The average molecular weight is 256 g/mol. The largest absolute Gasteiger partial charge is 0.492 e. The van der Waals surface area contributed by atoms with Crippen LogP contribution in [0.15, 0.2) is 42.5 Å². The number of hydrogen-bond donors (Lipinski definition) is 2. The van der Waals surface area contributed by atoms with Gasteiger partial charge in [0.2, 0.25) is 0 Å². The van der Waals surface area contributed by atoms with Crippen molar-refractivity contribution in [1.29, 1.82) is 0 Å². The zero-order valence-electron chi connectivity index (χ0n) is 11.1. The fourth-order valence-electron chi connectivity index (χ4n) is 2.05. The number of hydrogen-bond acceptors (Lipinski definition) is 3. The van der Waals surface area contributed by atoms with Crippen molar-refractivity contribution in [2.75, 3.05) is 0 Å². The molecule has 0 aliphatic rings. The fourth-order valence-corrected chi connectivity index (χ4v) is 2.05. The van der Waals surface area contributed by atoms with Crippen LogP contribution < -0.4 is 10.2 Å². The van der Waals surface area contributed by atoms with Crippen molar-refractivity contribution < 1.29 is 14.8 Å². The highest BCUT2D eigenvalue weighted by molar-refractivity contribution is 6.59. The molecule has 0 spiro atoms. The molecule has 0 aliphatic heterocycles. The summed E-state index contributed by atoms with van der Waals surface area (Å²) in [4.78, 5) is 0. The number of para-hydroxylation sites is 1. The molecular formula is C15H17BO3. The molecule has 0 aromatic heterocycles. The van der Waals surface area contributed by atoms with Crippen LogP contribution in [0.1, 0.15) is 16.7 Å². The van der Waals surface area contributed by atoms with E-state index in [0.717, 1.165) is 5.56 Å². The van der Waals surface area contributed by atoms with Gasteiger partial charge in [-0.2, -0.15) is 0 Å². The summed E-state index contributed by atoms with van der Waals surface area (Å²) in [5.41, 5.74) is 3.85. The second kappa shape index (κ2) is 5.91. The Bertz CT molecular complexity index is 547. The Hall–Kier alpha value is -1.78. The van der Waals surface area contributed by atoms with Gasteiger partial charge in [0, 0.05) is 5.46 Å². The summed E-state index contributed by atoms with van der Waals surface area (Å²) >= 11 is 0. The van der Waals surface area contributed by atoms with E-state index in [0.29, 0.717) is 17.8 Å². The average Bonchev–Trinajstić information content (AvgIpc) is 2.38. The molecule has 0 saturated carbocycles. The SMILES string of the molecule is Cc1cccc(C)c1COc1ccccc1B(O)O. The van der Waals surface area contributed by atoms with Gasteiger partial charge in [-0.3, -0.25) is 0 Å². The molecule has 0 atom stereocenters. The molecule has 0 heterocycles. The second-order valence-electron chi connectivity index (χ2n) is 4.57. The van der Waals surface area contributed by atoms with Gasteiger partial charge in [-0.1, -0.05) is 36.4 Å². The van der Waals surface area contributed by atoms with E-state index < -0.39 is 7.12 Å². The third-order valence-corrected chi connectivity index (χ3v) is 3.21. The van der Waals surface area contributed by atoms with Crippen LogP contribution in [0.4, 0.5) is 0 Å².